The molecule has 1 aromatic heterocycles. The molecular formula is C35H50FN7O6. The third-order valence-electron chi connectivity index (χ3n) is 9.93. The molecule has 1 saturated heterocycles. The van der Waals surface area contributed by atoms with Gasteiger partial charge in [-0.05, 0) is 62.4 Å². The zero-order valence-corrected chi connectivity index (χ0v) is 29.1. The van der Waals surface area contributed by atoms with Crippen LogP contribution in [0.3, 0.4) is 0 Å². The number of amides is 4. The highest BCUT2D eigenvalue weighted by Gasteiger charge is 2.36. The summed E-state index contributed by atoms with van der Waals surface area (Å²) < 4.78 is 17.3. The molecule has 2 aliphatic rings. The maximum Gasteiger partial charge on any atom is 0.304 e. The van der Waals surface area contributed by atoms with Crippen molar-refractivity contribution in [2.24, 2.45) is 17.8 Å². The standard InChI is InChI=1S/C35H50FN7O6/c1-6-43-28(13-14-37-43)33(47)40-31(24-9-7-21(2)8-10-24)34(48)38-27-12-11-25(20-26(27)36)23(4)30(39-32(46)22(3)19-29(44)45)35(49)42-17-15-41(5)16-18-42/h11-14,20-24,30-31H,6-10,15-19H2,1-5H3,(H,38,48)(H,39,46)(H,40,47)(H,44,45)/t21-,22-,23+,24-,30-,31+/m1/s1. The first-order valence-corrected chi connectivity index (χ1v) is 17.2. The number of rotatable bonds is 13. The van der Waals surface area contributed by atoms with Gasteiger partial charge < -0.3 is 30.9 Å². The molecule has 0 bridgehead atoms. The lowest BCUT2D eigenvalue weighted by molar-refractivity contribution is -0.142. The minimum atomic E-state index is -1.13. The lowest BCUT2D eigenvalue weighted by Crippen LogP contribution is -2.56. The van der Waals surface area contributed by atoms with E-state index in [0.717, 1.165) is 25.7 Å². The Morgan fingerprint density at radius 2 is 1.65 bits per heavy atom. The van der Waals surface area contributed by atoms with Gasteiger partial charge in [0.1, 0.15) is 23.6 Å². The number of aliphatic carboxylic acids is 1. The summed E-state index contributed by atoms with van der Waals surface area (Å²) in [6.07, 6.45) is 4.44. The van der Waals surface area contributed by atoms with Crippen molar-refractivity contribution >= 4 is 35.3 Å². The fourth-order valence-electron chi connectivity index (χ4n) is 6.60. The summed E-state index contributed by atoms with van der Waals surface area (Å²) in [4.78, 5) is 68.7. The molecule has 1 aliphatic carbocycles. The van der Waals surface area contributed by atoms with Crippen LogP contribution in [0.25, 0.3) is 0 Å². The van der Waals surface area contributed by atoms with Crippen molar-refractivity contribution in [2.75, 3.05) is 38.5 Å². The summed E-state index contributed by atoms with van der Waals surface area (Å²) in [6, 6.07) is 3.86. The molecule has 13 nitrogen and oxygen atoms in total. The van der Waals surface area contributed by atoms with Gasteiger partial charge in [0.05, 0.1) is 12.1 Å². The molecule has 4 atom stereocenters. The van der Waals surface area contributed by atoms with E-state index in [1.165, 1.54) is 25.3 Å². The molecule has 2 aromatic rings. The lowest BCUT2D eigenvalue weighted by atomic mass is 9.79. The van der Waals surface area contributed by atoms with Gasteiger partial charge in [-0.2, -0.15) is 5.10 Å². The van der Waals surface area contributed by atoms with Crippen molar-refractivity contribution in [3.05, 3.63) is 47.5 Å². The van der Waals surface area contributed by atoms with Crippen molar-refractivity contribution in [2.45, 2.75) is 84.3 Å². The van der Waals surface area contributed by atoms with Crippen LogP contribution in [0.5, 0.6) is 0 Å². The van der Waals surface area contributed by atoms with Gasteiger partial charge in [0.2, 0.25) is 17.7 Å². The smallest absolute Gasteiger partial charge is 0.304 e. The second-order valence-electron chi connectivity index (χ2n) is 13.6. The topological polar surface area (TPSA) is 166 Å². The average molecular weight is 684 g/mol. The van der Waals surface area contributed by atoms with Gasteiger partial charge in [-0.3, -0.25) is 28.7 Å². The molecule has 2 heterocycles. The summed E-state index contributed by atoms with van der Waals surface area (Å²) in [5, 5.41) is 21.6. The Kier molecular flexibility index (Phi) is 12.9. The normalized spacial score (nSPS) is 20.8. The summed E-state index contributed by atoms with van der Waals surface area (Å²) in [5.74, 6) is -4.94. The number of piperazine rings is 1. The number of carbonyl (C=O) groups is 5. The Morgan fingerprint density at radius 3 is 2.27 bits per heavy atom. The maximum atomic E-state index is 15.7. The highest BCUT2D eigenvalue weighted by Crippen LogP contribution is 2.32. The van der Waals surface area contributed by atoms with Crippen molar-refractivity contribution in [1.82, 2.24) is 30.2 Å². The number of carboxylic acid groups (broad SMARTS) is 1. The molecule has 4 rings (SSSR count). The number of carbonyl (C=O) groups excluding carboxylic acids is 4. The SMILES string of the molecule is CCn1nccc1C(=O)N[C@H](C(=O)Nc1ccc([C@H](C)[C@@H](NC(=O)[C@H](C)CC(=O)O)C(=O)N2CCN(C)CC2)cc1F)[C@H]1CC[C@H](C)CC1. The molecule has 2 fully saturated rings. The maximum absolute atomic E-state index is 15.7. The summed E-state index contributed by atoms with van der Waals surface area (Å²) in [6.45, 7) is 9.90. The highest BCUT2D eigenvalue weighted by atomic mass is 19.1. The molecule has 268 valence electrons. The van der Waals surface area contributed by atoms with E-state index in [0.29, 0.717) is 49.9 Å². The second-order valence-corrected chi connectivity index (χ2v) is 13.6. The number of nitrogens with one attached hydrogen (secondary N) is 3. The quantitative estimate of drug-likeness (QED) is 0.250. The van der Waals surface area contributed by atoms with E-state index >= 15 is 4.39 Å². The number of benzene rings is 1. The van der Waals surface area contributed by atoms with Crippen molar-refractivity contribution in [3.63, 3.8) is 0 Å². The first kappa shape index (κ1) is 37.5. The van der Waals surface area contributed by atoms with Gasteiger partial charge in [0, 0.05) is 50.8 Å². The number of aromatic nitrogens is 2. The van der Waals surface area contributed by atoms with E-state index < -0.39 is 59.8 Å². The van der Waals surface area contributed by atoms with E-state index in [1.807, 2.05) is 14.0 Å². The number of likely N-dealkylation sites (N-methyl/N-ethyl adjacent to an activating group) is 1. The number of halogens is 1. The fraction of sp³-hybridized carbons (Fsp3) is 0.600. The van der Waals surface area contributed by atoms with E-state index in [-0.39, 0.29) is 17.5 Å². The van der Waals surface area contributed by atoms with Crippen molar-refractivity contribution in [1.29, 1.82) is 0 Å². The molecule has 4 amide bonds. The predicted octanol–water partition coefficient (Wildman–Crippen LogP) is 3.08. The number of carboxylic acids is 1. The first-order chi connectivity index (χ1) is 23.3. The summed E-state index contributed by atoms with van der Waals surface area (Å²) in [7, 11) is 1.95. The number of hydrogen-bond donors (Lipinski definition) is 4. The molecule has 0 radical (unpaired) electrons. The van der Waals surface area contributed by atoms with Crippen LogP contribution in [0.2, 0.25) is 0 Å². The van der Waals surface area contributed by atoms with E-state index in [2.05, 4.69) is 32.9 Å². The van der Waals surface area contributed by atoms with Crippen LogP contribution in [0, 0.1) is 23.6 Å². The zero-order chi connectivity index (χ0) is 35.8. The Labute approximate surface area is 287 Å². The average Bonchev–Trinajstić information content (AvgIpc) is 3.56. The molecule has 4 N–H and O–H groups in total. The molecule has 1 aliphatic heterocycles. The molecule has 0 spiro atoms. The van der Waals surface area contributed by atoms with Gasteiger partial charge >= 0.3 is 5.97 Å². The third-order valence-corrected chi connectivity index (χ3v) is 9.93. The van der Waals surface area contributed by atoms with Crippen LogP contribution >= 0.6 is 0 Å². The van der Waals surface area contributed by atoms with Crippen molar-refractivity contribution < 1.29 is 33.5 Å². The Balaban J connectivity index is 1.54. The molecule has 14 heteroatoms. The van der Waals surface area contributed by atoms with Gasteiger partial charge in [0.15, 0.2) is 0 Å². The third kappa shape index (κ3) is 9.64. The van der Waals surface area contributed by atoms with Crippen LogP contribution in [0.1, 0.15) is 81.8 Å². The summed E-state index contributed by atoms with van der Waals surface area (Å²) in [5.41, 5.74) is 0.663. The minimum Gasteiger partial charge on any atom is -0.481 e. The molecule has 0 unspecified atom stereocenters. The number of anilines is 1. The van der Waals surface area contributed by atoms with E-state index in [1.54, 1.807) is 28.6 Å². The molecule has 1 saturated carbocycles. The lowest BCUT2D eigenvalue weighted by Gasteiger charge is -2.36. The van der Waals surface area contributed by atoms with Crippen LogP contribution in [-0.4, -0.2) is 99.6 Å². The van der Waals surface area contributed by atoms with Gasteiger partial charge in [-0.15, -0.1) is 0 Å². The van der Waals surface area contributed by atoms with Gasteiger partial charge in [-0.25, -0.2) is 4.39 Å². The monoisotopic (exact) mass is 683 g/mol. The van der Waals surface area contributed by atoms with Crippen LogP contribution < -0.4 is 16.0 Å². The fourth-order valence-corrected chi connectivity index (χ4v) is 6.60. The number of nitrogens with zero attached hydrogens (tertiary/aromatic N) is 4. The first-order valence-electron chi connectivity index (χ1n) is 17.2. The second kappa shape index (κ2) is 16.9. The highest BCUT2D eigenvalue weighted by molar-refractivity contribution is 6.00. The molecule has 1 aromatic carbocycles. The van der Waals surface area contributed by atoms with E-state index in [4.69, 9.17) is 0 Å². The van der Waals surface area contributed by atoms with E-state index in [9.17, 15) is 29.1 Å². The van der Waals surface area contributed by atoms with Crippen LogP contribution in [0.15, 0.2) is 30.5 Å². The Bertz CT molecular complexity index is 1500. The van der Waals surface area contributed by atoms with Gasteiger partial charge in [0.25, 0.3) is 5.91 Å². The summed E-state index contributed by atoms with van der Waals surface area (Å²) >= 11 is 0. The number of hydrogen-bond acceptors (Lipinski definition) is 7. The molecular weight excluding hydrogens is 633 g/mol. The zero-order valence-electron chi connectivity index (χ0n) is 29.1. The largest absolute Gasteiger partial charge is 0.481 e. The number of aryl methyl sites for hydroxylation is 1. The Hall–Kier alpha value is -4.33. The minimum absolute atomic E-state index is 0.0796. The van der Waals surface area contributed by atoms with Crippen LogP contribution in [-0.2, 0) is 25.7 Å². The predicted molar refractivity (Wildman–Crippen MR) is 181 cm³/mol. The van der Waals surface area contributed by atoms with Crippen LogP contribution in [0.4, 0.5) is 10.1 Å². The molecule has 49 heavy (non-hydrogen) atoms. The Morgan fingerprint density at radius 1 is 0.980 bits per heavy atom. The van der Waals surface area contributed by atoms with Gasteiger partial charge in [-0.1, -0.05) is 39.7 Å². The van der Waals surface area contributed by atoms with Crippen molar-refractivity contribution in [3.8, 4) is 0 Å².